The number of ether oxygens (including phenoxy) is 1. The lowest BCUT2D eigenvalue weighted by molar-refractivity contribution is 0.298. The van der Waals surface area contributed by atoms with Gasteiger partial charge in [-0.3, -0.25) is 4.98 Å². The molecule has 0 bridgehead atoms. The number of para-hydroxylation sites is 1. The first-order chi connectivity index (χ1) is 8.31. The maximum Gasteiger partial charge on any atom is 0.130 e. The largest absolute Gasteiger partial charge is 0.487 e. The van der Waals surface area contributed by atoms with Crippen molar-refractivity contribution >= 4 is 15.9 Å². The van der Waals surface area contributed by atoms with E-state index in [0.29, 0.717) is 6.61 Å². The molecule has 0 aliphatic carbocycles. The number of pyridine rings is 1. The predicted molar refractivity (Wildman–Crippen MR) is 72.4 cm³/mol. The van der Waals surface area contributed by atoms with E-state index in [4.69, 9.17) is 4.74 Å². The molecule has 17 heavy (non-hydrogen) atoms. The molecule has 1 aromatic heterocycles. The van der Waals surface area contributed by atoms with Crippen molar-refractivity contribution in [1.29, 1.82) is 0 Å². The van der Waals surface area contributed by atoms with E-state index in [-0.39, 0.29) is 0 Å². The van der Waals surface area contributed by atoms with Crippen LogP contribution in [0.3, 0.4) is 0 Å². The molecule has 3 heteroatoms. The quantitative estimate of drug-likeness (QED) is 0.798. The van der Waals surface area contributed by atoms with E-state index in [9.17, 15) is 0 Å². The van der Waals surface area contributed by atoms with Crippen molar-refractivity contribution < 1.29 is 4.74 Å². The molecule has 0 N–H and O–H groups in total. The topological polar surface area (TPSA) is 22.1 Å². The van der Waals surface area contributed by atoms with Gasteiger partial charge < -0.3 is 4.74 Å². The van der Waals surface area contributed by atoms with Crippen molar-refractivity contribution in [2.45, 2.75) is 18.9 Å². The molecule has 2 rings (SSSR count). The van der Waals surface area contributed by atoms with Crippen LogP contribution in [0.25, 0.3) is 0 Å². The standard InChI is InChI=1S/C14H14BrNO/c1-11-5-4-8-16-13(11)10-17-14-7-3-2-6-12(14)9-15/h2-8H,9-10H2,1H3. The number of alkyl halides is 1. The lowest BCUT2D eigenvalue weighted by Gasteiger charge is -2.10. The van der Waals surface area contributed by atoms with Gasteiger partial charge in [-0.1, -0.05) is 40.2 Å². The molecule has 1 heterocycles. The second-order valence-electron chi connectivity index (χ2n) is 3.80. The summed E-state index contributed by atoms with van der Waals surface area (Å²) in [6.45, 7) is 2.55. The highest BCUT2D eigenvalue weighted by molar-refractivity contribution is 9.08. The van der Waals surface area contributed by atoms with Crippen LogP contribution in [-0.4, -0.2) is 4.98 Å². The van der Waals surface area contributed by atoms with Crippen LogP contribution in [0, 0.1) is 6.92 Å². The summed E-state index contributed by atoms with van der Waals surface area (Å²) in [6.07, 6.45) is 1.79. The van der Waals surface area contributed by atoms with Crippen molar-refractivity contribution in [2.24, 2.45) is 0 Å². The summed E-state index contributed by atoms with van der Waals surface area (Å²) in [7, 11) is 0. The molecule has 1 aromatic carbocycles. The summed E-state index contributed by atoms with van der Waals surface area (Å²) in [5.41, 5.74) is 3.29. The fourth-order valence-electron chi connectivity index (χ4n) is 1.57. The van der Waals surface area contributed by atoms with Crippen LogP contribution in [0.2, 0.25) is 0 Å². The van der Waals surface area contributed by atoms with E-state index in [1.54, 1.807) is 6.20 Å². The zero-order valence-electron chi connectivity index (χ0n) is 9.69. The molecule has 88 valence electrons. The SMILES string of the molecule is Cc1cccnc1COc1ccccc1CBr. The van der Waals surface area contributed by atoms with Crippen molar-refractivity contribution in [3.8, 4) is 5.75 Å². The maximum absolute atomic E-state index is 5.80. The molecule has 2 aromatic rings. The average molecular weight is 292 g/mol. The van der Waals surface area contributed by atoms with Crippen molar-refractivity contribution in [1.82, 2.24) is 4.98 Å². The first-order valence-electron chi connectivity index (χ1n) is 5.48. The molecule has 0 spiro atoms. The summed E-state index contributed by atoms with van der Waals surface area (Å²) < 4.78 is 5.80. The van der Waals surface area contributed by atoms with E-state index in [1.165, 1.54) is 0 Å². The summed E-state index contributed by atoms with van der Waals surface area (Å²) in [4.78, 5) is 4.31. The zero-order chi connectivity index (χ0) is 12.1. The van der Waals surface area contributed by atoms with Gasteiger partial charge in [0.1, 0.15) is 12.4 Å². The second-order valence-corrected chi connectivity index (χ2v) is 4.36. The van der Waals surface area contributed by atoms with Crippen LogP contribution < -0.4 is 4.74 Å². The number of rotatable bonds is 4. The van der Waals surface area contributed by atoms with Crippen molar-refractivity contribution in [3.05, 3.63) is 59.4 Å². The normalized spacial score (nSPS) is 10.2. The molecule has 0 fully saturated rings. The third-order valence-corrected chi connectivity index (χ3v) is 3.20. The van der Waals surface area contributed by atoms with Crippen LogP contribution >= 0.6 is 15.9 Å². The molecule has 0 unspecified atom stereocenters. The van der Waals surface area contributed by atoms with Crippen LogP contribution in [0.4, 0.5) is 0 Å². The van der Waals surface area contributed by atoms with Gasteiger partial charge >= 0.3 is 0 Å². The highest BCUT2D eigenvalue weighted by Gasteiger charge is 2.03. The zero-order valence-corrected chi connectivity index (χ0v) is 11.3. The minimum atomic E-state index is 0.511. The number of hydrogen-bond donors (Lipinski definition) is 0. The minimum Gasteiger partial charge on any atom is -0.487 e. The summed E-state index contributed by atoms with van der Waals surface area (Å²) >= 11 is 3.45. The van der Waals surface area contributed by atoms with Gasteiger partial charge in [0, 0.05) is 17.1 Å². The number of nitrogens with zero attached hydrogens (tertiary/aromatic N) is 1. The predicted octanol–water partition coefficient (Wildman–Crippen LogP) is 3.86. The van der Waals surface area contributed by atoms with Gasteiger partial charge in [-0.25, -0.2) is 0 Å². The van der Waals surface area contributed by atoms with Gasteiger partial charge in [0.15, 0.2) is 0 Å². The van der Waals surface area contributed by atoms with Gasteiger partial charge in [-0.05, 0) is 24.6 Å². The fraction of sp³-hybridized carbons (Fsp3) is 0.214. The molecule has 0 atom stereocenters. The summed E-state index contributed by atoms with van der Waals surface area (Å²) in [6, 6.07) is 12.0. The smallest absolute Gasteiger partial charge is 0.130 e. The van der Waals surface area contributed by atoms with Gasteiger partial charge in [0.05, 0.1) is 5.69 Å². The number of benzene rings is 1. The molecule has 0 radical (unpaired) electrons. The van der Waals surface area contributed by atoms with Gasteiger partial charge in [0.25, 0.3) is 0 Å². The Balaban J connectivity index is 2.10. The number of aromatic nitrogens is 1. The Morgan fingerprint density at radius 1 is 1.18 bits per heavy atom. The van der Waals surface area contributed by atoms with Gasteiger partial charge in [-0.15, -0.1) is 0 Å². The van der Waals surface area contributed by atoms with Crippen LogP contribution in [-0.2, 0) is 11.9 Å². The Bertz CT molecular complexity index is 499. The van der Waals surface area contributed by atoms with E-state index in [2.05, 4.69) is 27.0 Å². The number of aryl methyl sites for hydroxylation is 1. The van der Waals surface area contributed by atoms with E-state index in [1.807, 2.05) is 37.3 Å². The molecule has 0 aliphatic rings. The van der Waals surface area contributed by atoms with Crippen molar-refractivity contribution in [3.63, 3.8) is 0 Å². The van der Waals surface area contributed by atoms with E-state index < -0.39 is 0 Å². The second kappa shape index (κ2) is 5.82. The Morgan fingerprint density at radius 2 is 2.00 bits per heavy atom. The highest BCUT2D eigenvalue weighted by Crippen LogP contribution is 2.21. The molecule has 0 saturated heterocycles. The molecule has 0 aliphatic heterocycles. The monoisotopic (exact) mass is 291 g/mol. The molecule has 0 amide bonds. The van der Waals surface area contributed by atoms with Crippen LogP contribution in [0.1, 0.15) is 16.8 Å². The van der Waals surface area contributed by atoms with Gasteiger partial charge in [-0.2, -0.15) is 0 Å². The summed E-state index contributed by atoms with van der Waals surface area (Å²) in [5, 5.41) is 0.796. The number of halogens is 1. The first-order valence-corrected chi connectivity index (χ1v) is 6.60. The van der Waals surface area contributed by atoms with Crippen LogP contribution in [0.15, 0.2) is 42.6 Å². The highest BCUT2D eigenvalue weighted by atomic mass is 79.9. The molecule has 0 saturated carbocycles. The van der Waals surface area contributed by atoms with E-state index in [0.717, 1.165) is 27.9 Å². The third kappa shape index (κ3) is 3.07. The Kier molecular flexibility index (Phi) is 4.15. The van der Waals surface area contributed by atoms with E-state index >= 15 is 0 Å². The number of hydrogen-bond acceptors (Lipinski definition) is 2. The Labute approximate surface area is 110 Å². The first kappa shape index (κ1) is 12.1. The average Bonchev–Trinajstić information content (AvgIpc) is 2.38. The summed E-state index contributed by atoms with van der Waals surface area (Å²) in [5.74, 6) is 0.912. The van der Waals surface area contributed by atoms with Gasteiger partial charge in [0.2, 0.25) is 0 Å². The minimum absolute atomic E-state index is 0.511. The maximum atomic E-state index is 5.80. The lowest BCUT2D eigenvalue weighted by Crippen LogP contribution is -2.01. The fourth-order valence-corrected chi connectivity index (χ4v) is 2.03. The Morgan fingerprint density at radius 3 is 2.76 bits per heavy atom. The lowest BCUT2D eigenvalue weighted by atomic mass is 10.2. The van der Waals surface area contributed by atoms with Crippen molar-refractivity contribution in [2.75, 3.05) is 0 Å². The third-order valence-electron chi connectivity index (χ3n) is 2.60. The molecular weight excluding hydrogens is 278 g/mol. The molecule has 2 nitrogen and oxygen atoms in total. The Hall–Kier alpha value is -1.35. The molecular formula is C14H14BrNO. The van der Waals surface area contributed by atoms with Crippen LogP contribution in [0.5, 0.6) is 5.75 Å².